The van der Waals surface area contributed by atoms with Crippen LogP contribution in [-0.4, -0.2) is 26.6 Å². The maximum atomic E-state index is 13.7. The number of halogens is 1. The molecule has 0 saturated heterocycles. The molecule has 30 heavy (non-hydrogen) atoms. The fourth-order valence-corrected chi connectivity index (χ4v) is 5.07. The van der Waals surface area contributed by atoms with Gasteiger partial charge >= 0.3 is 0 Å². The Morgan fingerprint density at radius 2 is 1.80 bits per heavy atom. The first-order chi connectivity index (χ1) is 14.4. The minimum absolute atomic E-state index is 0.203. The standard InChI is InChI=1S/C23H23FN2O3S/c1-3-29-22-10-11-23(19-7-5-4-6-18(19)22)30(27,28)25-13-12-17-15(2)26-21-9-8-16(24)14-20(17)21/h4-11,14,25-26H,3,12-13H2,1-2H3. The van der Waals surface area contributed by atoms with Crippen LogP contribution in [0.1, 0.15) is 18.2 Å². The Hall–Kier alpha value is -2.90. The van der Waals surface area contributed by atoms with E-state index in [-0.39, 0.29) is 17.3 Å². The van der Waals surface area contributed by atoms with E-state index in [4.69, 9.17) is 4.74 Å². The van der Waals surface area contributed by atoms with Gasteiger partial charge in [0.05, 0.1) is 11.5 Å². The van der Waals surface area contributed by atoms with E-state index in [0.717, 1.165) is 27.5 Å². The molecule has 1 aromatic heterocycles. The highest BCUT2D eigenvalue weighted by Gasteiger charge is 2.19. The Balaban J connectivity index is 1.60. The van der Waals surface area contributed by atoms with Crippen molar-refractivity contribution in [2.75, 3.05) is 13.2 Å². The van der Waals surface area contributed by atoms with Gasteiger partial charge in [-0.1, -0.05) is 24.3 Å². The minimum atomic E-state index is -3.74. The number of hydrogen-bond donors (Lipinski definition) is 2. The molecule has 3 aromatic carbocycles. The van der Waals surface area contributed by atoms with Crippen LogP contribution < -0.4 is 9.46 Å². The fraction of sp³-hybridized carbons (Fsp3) is 0.217. The molecule has 0 fully saturated rings. The average Bonchev–Trinajstić information content (AvgIpc) is 3.03. The van der Waals surface area contributed by atoms with Gasteiger partial charge in [-0.25, -0.2) is 17.5 Å². The topological polar surface area (TPSA) is 71.2 Å². The third-order valence-electron chi connectivity index (χ3n) is 5.18. The molecule has 0 spiro atoms. The van der Waals surface area contributed by atoms with E-state index in [2.05, 4.69) is 9.71 Å². The molecule has 0 unspecified atom stereocenters. The molecular formula is C23H23FN2O3S. The van der Waals surface area contributed by atoms with Gasteiger partial charge in [0.2, 0.25) is 10.0 Å². The lowest BCUT2D eigenvalue weighted by molar-refractivity contribution is 0.344. The van der Waals surface area contributed by atoms with Gasteiger partial charge in [-0.15, -0.1) is 0 Å². The van der Waals surface area contributed by atoms with E-state index < -0.39 is 10.0 Å². The van der Waals surface area contributed by atoms with E-state index in [1.54, 1.807) is 30.3 Å². The molecule has 2 N–H and O–H groups in total. The molecule has 5 nitrogen and oxygen atoms in total. The second-order valence-corrected chi connectivity index (χ2v) is 8.84. The highest BCUT2D eigenvalue weighted by atomic mass is 32.2. The van der Waals surface area contributed by atoms with Crippen molar-refractivity contribution < 1.29 is 17.5 Å². The van der Waals surface area contributed by atoms with Gasteiger partial charge < -0.3 is 9.72 Å². The fourth-order valence-electron chi connectivity index (χ4n) is 3.82. The van der Waals surface area contributed by atoms with Gasteiger partial charge in [0.15, 0.2) is 0 Å². The van der Waals surface area contributed by atoms with Crippen LogP contribution in [0.2, 0.25) is 0 Å². The average molecular weight is 427 g/mol. The zero-order valence-corrected chi connectivity index (χ0v) is 17.6. The van der Waals surface area contributed by atoms with Crippen molar-refractivity contribution in [3.05, 3.63) is 71.7 Å². The van der Waals surface area contributed by atoms with Crippen molar-refractivity contribution >= 4 is 31.7 Å². The molecule has 7 heteroatoms. The van der Waals surface area contributed by atoms with Gasteiger partial charge in [0, 0.05) is 33.9 Å². The summed E-state index contributed by atoms with van der Waals surface area (Å²) in [5.41, 5.74) is 2.65. The molecule has 4 aromatic rings. The first-order valence-electron chi connectivity index (χ1n) is 9.81. The summed E-state index contributed by atoms with van der Waals surface area (Å²) >= 11 is 0. The summed E-state index contributed by atoms with van der Waals surface area (Å²) in [6.07, 6.45) is 0.448. The zero-order chi connectivity index (χ0) is 21.3. The van der Waals surface area contributed by atoms with Crippen LogP contribution in [0.25, 0.3) is 21.7 Å². The molecule has 0 atom stereocenters. The monoisotopic (exact) mass is 426 g/mol. The molecular weight excluding hydrogens is 403 g/mol. The Kier molecular flexibility index (Phi) is 5.49. The van der Waals surface area contributed by atoms with Crippen molar-refractivity contribution in [1.29, 1.82) is 0 Å². The summed E-state index contributed by atoms with van der Waals surface area (Å²) in [4.78, 5) is 3.43. The summed E-state index contributed by atoms with van der Waals surface area (Å²) < 4.78 is 48.0. The highest BCUT2D eigenvalue weighted by Crippen LogP contribution is 2.31. The van der Waals surface area contributed by atoms with E-state index in [0.29, 0.717) is 24.2 Å². The summed E-state index contributed by atoms with van der Waals surface area (Å²) in [5, 5.41) is 2.14. The number of aromatic nitrogens is 1. The SMILES string of the molecule is CCOc1ccc(S(=O)(=O)NCCc2c(C)[nH]c3ccc(F)cc23)c2ccccc12. The molecule has 0 aliphatic carbocycles. The summed E-state index contributed by atoms with van der Waals surface area (Å²) in [7, 11) is -3.74. The Morgan fingerprint density at radius 1 is 1.03 bits per heavy atom. The number of ether oxygens (including phenoxy) is 1. The minimum Gasteiger partial charge on any atom is -0.493 e. The number of sulfonamides is 1. The lowest BCUT2D eigenvalue weighted by Crippen LogP contribution is -2.26. The molecule has 0 aliphatic heterocycles. The van der Waals surface area contributed by atoms with Gasteiger partial charge in [0.25, 0.3) is 0 Å². The number of aryl methyl sites for hydroxylation is 1. The zero-order valence-electron chi connectivity index (χ0n) is 16.8. The number of benzene rings is 3. The number of nitrogens with one attached hydrogen (secondary N) is 2. The lowest BCUT2D eigenvalue weighted by Gasteiger charge is -2.13. The highest BCUT2D eigenvalue weighted by molar-refractivity contribution is 7.89. The summed E-state index contributed by atoms with van der Waals surface area (Å²) in [6, 6.07) is 15.1. The largest absolute Gasteiger partial charge is 0.493 e. The van der Waals surface area contributed by atoms with E-state index >= 15 is 0 Å². The van der Waals surface area contributed by atoms with Crippen LogP contribution in [0.5, 0.6) is 5.75 Å². The normalized spacial score (nSPS) is 12.0. The third kappa shape index (κ3) is 3.78. The van der Waals surface area contributed by atoms with Crippen LogP contribution in [0.15, 0.2) is 59.5 Å². The maximum absolute atomic E-state index is 13.7. The van der Waals surface area contributed by atoms with Crippen molar-refractivity contribution in [1.82, 2.24) is 9.71 Å². The first-order valence-corrected chi connectivity index (χ1v) is 11.3. The Bertz CT molecular complexity index is 1330. The quantitative estimate of drug-likeness (QED) is 0.450. The Morgan fingerprint density at radius 3 is 2.57 bits per heavy atom. The molecule has 0 amide bonds. The molecule has 0 saturated carbocycles. The number of rotatable bonds is 7. The van der Waals surface area contributed by atoms with E-state index in [1.165, 1.54) is 12.1 Å². The molecule has 4 rings (SSSR count). The number of H-pyrrole nitrogens is 1. The number of fused-ring (bicyclic) bond motifs is 2. The molecule has 0 radical (unpaired) electrons. The number of hydrogen-bond acceptors (Lipinski definition) is 3. The molecule has 0 aliphatic rings. The third-order valence-corrected chi connectivity index (χ3v) is 6.70. The second-order valence-electron chi connectivity index (χ2n) is 7.11. The van der Waals surface area contributed by atoms with Gasteiger partial charge in [0.1, 0.15) is 11.6 Å². The van der Waals surface area contributed by atoms with Gasteiger partial charge in [-0.3, -0.25) is 0 Å². The van der Waals surface area contributed by atoms with Gasteiger partial charge in [-0.05, 0) is 56.2 Å². The molecule has 156 valence electrons. The van der Waals surface area contributed by atoms with Crippen molar-refractivity contribution in [3.8, 4) is 5.75 Å². The second kappa shape index (κ2) is 8.08. The molecule has 0 bridgehead atoms. The van der Waals surface area contributed by atoms with Crippen molar-refractivity contribution in [2.24, 2.45) is 0 Å². The maximum Gasteiger partial charge on any atom is 0.241 e. The predicted molar refractivity (Wildman–Crippen MR) is 117 cm³/mol. The van der Waals surface area contributed by atoms with Crippen LogP contribution >= 0.6 is 0 Å². The summed E-state index contributed by atoms with van der Waals surface area (Å²) in [6.45, 7) is 4.49. The predicted octanol–water partition coefficient (Wildman–Crippen LogP) is 4.69. The van der Waals surface area contributed by atoms with Crippen LogP contribution in [-0.2, 0) is 16.4 Å². The first kappa shape index (κ1) is 20.4. The van der Waals surface area contributed by atoms with E-state index in [9.17, 15) is 12.8 Å². The van der Waals surface area contributed by atoms with Crippen LogP contribution in [0, 0.1) is 12.7 Å². The summed E-state index contributed by atoms with van der Waals surface area (Å²) in [5.74, 6) is 0.340. The lowest BCUT2D eigenvalue weighted by atomic mass is 10.1. The van der Waals surface area contributed by atoms with Crippen LogP contribution in [0.4, 0.5) is 4.39 Å². The van der Waals surface area contributed by atoms with Crippen LogP contribution in [0.3, 0.4) is 0 Å². The van der Waals surface area contributed by atoms with Crippen molar-refractivity contribution in [2.45, 2.75) is 25.2 Å². The number of aromatic amines is 1. The van der Waals surface area contributed by atoms with E-state index in [1.807, 2.05) is 26.0 Å². The van der Waals surface area contributed by atoms with Gasteiger partial charge in [-0.2, -0.15) is 0 Å². The Labute approximate surface area is 174 Å². The van der Waals surface area contributed by atoms with Crippen molar-refractivity contribution in [3.63, 3.8) is 0 Å². The molecule has 1 heterocycles. The smallest absolute Gasteiger partial charge is 0.241 e.